The van der Waals surface area contributed by atoms with Crippen molar-refractivity contribution in [2.75, 3.05) is 18.9 Å². The molecule has 0 radical (unpaired) electrons. The number of carbonyl (C=O) groups excluding carboxylic acids is 1. The van der Waals surface area contributed by atoms with Crippen LogP contribution in [0.4, 0.5) is 5.69 Å². The largest absolute Gasteiger partial charge is 0.479 e. The Labute approximate surface area is 163 Å². The number of anilines is 1. The molecule has 9 nitrogen and oxygen atoms in total. The Morgan fingerprint density at radius 1 is 1.04 bits per heavy atom. The summed E-state index contributed by atoms with van der Waals surface area (Å²) in [6.45, 7) is 5.09. The van der Waals surface area contributed by atoms with Crippen LogP contribution in [0.3, 0.4) is 0 Å². The second-order valence-electron chi connectivity index (χ2n) is 6.81. The number of aliphatic hydroxyl groups excluding tert-OH is 2. The van der Waals surface area contributed by atoms with Crippen LogP contribution in [0.1, 0.15) is 30.4 Å². The van der Waals surface area contributed by atoms with Gasteiger partial charge < -0.3 is 25.7 Å². The van der Waals surface area contributed by atoms with Crippen LogP contribution in [0.2, 0.25) is 0 Å². The molecule has 1 amide bonds. The molecule has 28 heavy (non-hydrogen) atoms. The van der Waals surface area contributed by atoms with Crippen molar-refractivity contribution in [2.45, 2.75) is 51.4 Å². The van der Waals surface area contributed by atoms with Crippen molar-refractivity contribution in [3.05, 3.63) is 29.3 Å². The fraction of sp³-hybridized carbons (Fsp3) is 0.526. The summed E-state index contributed by atoms with van der Waals surface area (Å²) in [5.74, 6) is -3.40. The van der Waals surface area contributed by atoms with Gasteiger partial charge in [0.05, 0.1) is 6.04 Å². The summed E-state index contributed by atoms with van der Waals surface area (Å²) in [6, 6.07) is 6.12. The molecule has 0 saturated carbocycles. The third kappa shape index (κ3) is 6.59. The highest BCUT2D eigenvalue weighted by molar-refractivity contribution is 5.96. The lowest BCUT2D eigenvalue weighted by Crippen LogP contribution is -2.44. The van der Waals surface area contributed by atoms with E-state index in [9.17, 15) is 14.4 Å². The fourth-order valence-corrected chi connectivity index (χ4v) is 2.89. The topological polar surface area (TPSA) is 147 Å². The van der Waals surface area contributed by atoms with Crippen LogP contribution in [0.15, 0.2) is 18.2 Å². The lowest BCUT2D eigenvalue weighted by atomic mass is 10.0. The third-order valence-corrected chi connectivity index (χ3v) is 4.61. The Balaban J connectivity index is 0.000000336. The van der Waals surface area contributed by atoms with Crippen LogP contribution in [0.5, 0.6) is 0 Å². The van der Waals surface area contributed by atoms with Gasteiger partial charge in [-0.25, -0.2) is 9.59 Å². The number of para-hydroxylation sites is 1. The number of likely N-dealkylation sites (N-methyl/N-ethyl adjacent to an activating group) is 1. The molecule has 0 aromatic heterocycles. The molecule has 1 saturated heterocycles. The number of aliphatic hydroxyl groups is 2. The minimum Gasteiger partial charge on any atom is -0.479 e. The van der Waals surface area contributed by atoms with Crippen LogP contribution in [0, 0.1) is 13.8 Å². The van der Waals surface area contributed by atoms with Crippen molar-refractivity contribution >= 4 is 23.5 Å². The van der Waals surface area contributed by atoms with E-state index < -0.39 is 24.1 Å². The smallest absolute Gasteiger partial charge is 0.335 e. The summed E-state index contributed by atoms with van der Waals surface area (Å²) in [7, 11) is 2.04. The van der Waals surface area contributed by atoms with Gasteiger partial charge in [-0.2, -0.15) is 0 Å². The average Bonchev–Trinajstić information content (AvgIpc) is 2.64. The number of amides is 1. The standard InChI is InChI=1S/C15H22N2O.C4H6O6/c1-11-7-6-8-12(2)14(11)16-15(18)13-9-4-5-10-17(13)3;5-1(3(7)8)2(6)4(9)10/h6-8,13H,4-5,9-10H2,1-3H3,(H,16,18);1-2,5-6H,(H,7,8)(H,9,10). The van der Waals surface area contributed by atoms with Gasteiger partial charge >= 0.3 is 11.9 Å². The number of carboxylic acids is 2. The second kappa shape index (κ2) is 10.7. The molecule has 0 aliphatic carbocycles. The number of nitrogens with one attached hydrogen (secondary N) is 1. The highest BCUT2D eigenvalue weighted by Gasteiger charge is 2.29. The van der Waals surface area contributed by atoms with Gasteiger partial charge in [0.25, 0.3) is 0 Å². The molecular weight excluding hydrogens is 368 g/mol. The molecular formula is C19H28N2O7. The summed E-state index contributed by atoms with van der Waals surface area (Å²) >= 11 is 0. The van der Waals surface area contributed by atoms with Crippen LogP contribution >= 0.6 is 0 Å². The Morgan fingerprint density at radius 2 is 1.54 bits per heavy atom. The molecule has 1 fully saturated rings. The molecule has 9 heteroatoms. The normalized spacial score (nSPS) is 19.0. The van der Waals surface area contributed by atoms with Crippen LogP contribution in [0.25, 0.3) is 0 Å². The lowest BCUT2D eigenvalue weighted by molar-refractivity contribution is -0.165. The molecule has 3 unspecified atom stereocenters. The molecule has 1 aliphatic rings. The van der Waals surface area contributed by atoms with E-state index in [4.69, 9.17) is 20.4 Å². The summed E-state index contributed by atoms with van der Waals surface area (Å²) in [6.07, 6.45) is -1.22. The molecule has 2 rings (SSSR count). The Hall–Kier alpha value is -2.49. The number of carboxylic acid groups (broad SMARTS) is 2. The van der Waals surface area contributed by atoms with E-state index in [1.165, 1.54) is 6.42 Å². The minimum atomic E-state index is -2.27. The molecule has 3 atom stereocenters. The number of hydrogen-bond acceptors (Lipinski definition) is 6. The number of aryl methyl sites for hydroxylation is 2. The fourth-order valence-electron chi connectivity index (χ4n) is 2.89. The molecule has 1 heterocycles. The van der Waals surface area contributed by atoms with Gasteiger partial charge in [0.15, 0.2) is 12.2 Å². The first-order valence-corrected chi connectivity index (χ1v) is 8.95. The van der Waals surface area contributed by atoms with Crippen molar-refractivity contribution < 1.29 is 34.8 Å². The first-order chi connectivity index (χ1) is 13.1. The van der Waals surface area contributed by atoms with Gasteiger partial charge in [-0.3, -0.25) is 9.69 Å². The van der Waals surface area contributed by atoms with Gasteiger partial charge in [-0.1, -0.05) is 24.6 Å². The number of piperidine rings is 1. The Morgan fingerprint density at radius 3 is 1.96 bits per heavy atom. The molecule has 0 spiro atoms. The second-order valence-corrected chi connectivity index (χ2v) is 6.81. The SMILES string of the molecule is Cc1cccc(C)c1NC(=O)C1CCCCN1C.O=C(O)C(O)C(O)C(=O)O. The van der Waals surface area contributed by atoms with Crippen molar-refractivity contribution in [3.8, 4) is 0 Å². The van der Waals surface area contributed by atoms with E-state index in [0.29, 0.717) is 0 Å². The maximum absolute atomic E-state index is 12.3. The van der Waals surface area contributed by atoms with Gasteiger partial charge in [0, 0.05) is 5.69 Å². The number of aliphatic carboxylic acids is 2. The predicted molar refractivity (Wildman–Crippen MR) is 102 cm³/mol. The van der Waals surface area contributed by atoms with E-state index in [1.807, 2.05) is 39.1 Å². The predicted octanol–water partition coefficient (Wildman–Crippen LogP) is 0.604. The molecule has 1 aliphatic heterocycles. The van der Waals surface area contributed by atoms with E-state index in [0.717, 1.165) is 36.2 Å². The van der Waals surface area contributed by atoms with E-state index in [-0.39, 0.29) is 11.9 Å². The van der Waals surface area contributed by atoms with Gasteiger partial charge in [-0.05, 0) is 51.4 Å². The quantitative estimate of drug-likeness (QED) is 0.486. The third-order valence-electron chi connectivity index (χ3n) is 4.61. The molecule has 1 aromatic rings. The maximum Gasteiger partial charge on any atom is 0.335 e. The number of carbonyl (C=O) groups is 3. The number of nitrogens with zero attached hydrogens (tertiary/aromatic N) is 1. The van der Waals surface area contributed by atoms with Crippen molar-refractivity contribution in [1.29, 1.82) is 0 Å². The maximum atomic E-state index is 12.3. The number of likely N-dealkylation sites (tertiary alicyclic amines) is 1. The van der Waals surface area contributed by atoms with E-state index in [1.54, 1.807) is 0 Å². The molecule has 5 N–H and O–H groups in total. The first kappa shape index (κ1) is 23.5. The van der Waals surface area contributed by atoms with E-state index >= 15 is 0 Å². The van der Waals surface area contributed by atoms with Gasteiger partial charge in [0.1, 0.15) is 0 Å². The highest BCUT2D eigenvalue weighted by atomic mass is 16.4. The van der Waals surface area contributed by atoms with Crippen LogP contribution in [-0.2, 0) is 14.4 Å². The van der Waals surface area contributed by atoms with Gasteiger partial charge in [0.2, 0.25) is 5.91 Å². The van der Waals surface area contributed by atoms with E-state index in [2.05, 4.69) is 10.2 Å². The zero-order chi connectivity index (χ0) is 21.4. The molecule has 156 valence electrons. The minimum absolute atomic E-state index is 0.0257. The Kier molecular flexibility index (Phi) is 9.04. The van der Waals surface area contributed by atoms with Crippen LogP contribution < -0.4 is 5.32 Å². The van der Waals surface area contributed by atoms with Crippen molar-refractivity contribution in [3.63, 3.8) is 0 Å². The zero-order valence-corrected chi connectivity index (χ0v) is 16.3. The van der Waals surface area contributed by atoms with Gasteiger partial charge in [-0.15, -0.1) is 0 Å². The van der Waals surface area contributed by atoms with Crippen molar-refractivity contribution in [2.24, 2.45) is 0 Å². The van der Waals surface area contributed by atoms with Crippen molar-refractivity contribution in [1.82, 2.24) is 4.90 Å². The molecule has 1 aromatic carbocycles. The number of rotatable bonds is 5. The summed E-state index contributed by atoms with van der Waals surface area (Å²) in [5, 5.41) is 35.6. The highest BCUT2D eigenvalue weighted by Crippen LogP contribution is 2.22. The summed E-state index contributed by atoms with van der Waals surface area (Å²) < 4.78 is 0. The summed E-state index contributed by atoms with van der Waals surface area (Å²) in [4.78, 5) is 34.0. The summed E-state index contributed by atoms with van der Waals surface area (Å²) in [5.41, 5.74) is 3.23. The molecule has 0 bridgehead atoms. The number of hydrogen-bond donors (Lipinski definition) is 5. The average molecular weight is 396 g/mol. The number of benzene rings is 1. The lowest BCUT2D eigenvalue weighted by Gasteiger charge is -2.31. The Bertz CT molecular complexity index is 669. The zero-order valence-electron chi connectivity index (χ0n) is 16.3. The first-order valence-electron chi connectivity index (χ1n) is 8.95. The monoisotopic (exact) mass is 396 g/mol. The van der Waals surface area contributed by atoms with Crippen LogP contribution in [-0.4, -0.2) is 75.0 Å².